The average Bonchev–Trinajstić information content (AvgIpc) is 3.01. The third kappa shape index (κ3) is 2.98. The molecule has 6 nitrogen and oxygen atoms in total. The number of hydrogen-bond donors (Lipinski definition) is 0. The molecule has 0 amide bonds. The van der Waals surface area contributed by atoms with Crippen LogP contribution in [0.3, 0.4) is 0 Å². The van der Waals surface area contributed by atoms with Crippen LogP contribution in [0.2, 0.25) is 0 Å². The number of Topliss-reactive ketones (excluding diaryl/α,β-unsaturated/α-hetero) is 1. The number of carbonyl (C=O) groups is 2. The first-order valence-corrected chi connectivity index (χ1v) is 8.02. The molecule has 0 aliphatic heterocycles. The van der Waals surface area contributed by atoms with E-state index in [2.05, 4.69) is 0 Å². The third-order valence-electron chi connectivity index (χ3n) is 5.06. The van der Waals surface area contributed by atoms with E-state index in [1.807, 2.05) is 0 Å². The van der Waals surface area contributed by atoms with Gasteiger partial charge in [0.2, 0.25) is 0 Å². The molecule has 1 aromatic rings. The predicted molar refractivity (Wildman–Crippen MR) is 82.1 cm³/mol. The number of non-ortho nitro benzene ring substituents is 1. The Morgan fingerprint density at radius 3 is 2.35 bits per heavy atom. The molecule has 2 fully saturated rings. The zero-order valence-electron chi connectivity index (χ0n) is 12.8. The van der Waals surface area contributed by atoms with Crippen molar-refractivity contribution in [1.29, 1.82) is 0 Å². The van der Waals surface area contributed by atoms with Crippen LogP contribution in [0.15, 0.2) is 24.3 Å². The molecular weight excluding hydrogens is 298 g/mol. The lowest BCUT2D eigenvalue weighted by molar-refractivity contribution is -0.384. The monoisotopic (exact) mass is 317 g/mol. The number of ketones is 1. The molecule has 0 bridgehead atoms. The van der Waals surface area contributed by atoms with Crippen LogP contribution < -0.4 is 0 Å². The van der Waals surface area contributed by atoms with E-state index in [-0.39, 0.29) is 22.4 Å². The van der Waals surface area contributed by atoms with Crippen LogP contribution in [-0.2, 0) is 9.53 Å². The number of rotatable bonds is 3. The van der Waals surface area contributed by atoms with Crippen LogP contribution in [-0.4, -0.2) is 22.8 Å². The highest BCUT2D eigenvalue weighted by Gasteiger charge is 2.47. The van der Waals surface area contributed by atoms with Gasteiger partial charge in [-0.3, -0.25) is 14.9 Å². The maximum absolute atomic E-state index is 12.7. The highest BCUT2D eigenvalue weighted by molar-refractivity contribution is 5.95. The molecule has 1 spiro atoms. The molecule has 2 saturated carbocycles. The normalized spacial score (nSPS) is 23.0. The van der Waals surface area contributed by atoms with E-state index in [4.69, 9.17) is 4.74 Å². The molecule has 122 valence electrons. The Kier molecular flexibility index (Phi) is 4.15. The summed E-state index contributed by atoms with van der Waals surface area (Å²) < 4.78 is 5.42. The fourth-order valence-electron chi connectivity index (χ4n) is 3.80. The summed E-state index contributed by atoms with van der Waals surface area (Å²) in [6, 6.07) is 5.24. The minimum Gasteiger partial charge on any atom is -0.451 e. The van der Waals surface area contributed by atoms with E-state index in [1.165, 1.54) is 24.3 Å². The van der Waals surface area contributed by atoms with Crippen LogP contribution in [0.25, 0.3) is 0 Å². The highest BCUT2D eigenvalue weighted by atomic mass is 16.6. The number of esters is 1. The molecule has 0 heterocycles. The van der Waals surface area contributed by atoms with Crippen molar-refractivity contribution in [2.75, 3.05) is 0 Å². The van der Waals surface area contributed by atoms with Crippen molar-refractivity contribution >= 4 is 17.4 Å². The zero-order chi connectivity index (χ0) is 16.4. The summed E-state index contributed by atoms with van der Waals surface area (Å²) in [5.74, 6) is -0.523. The second-order valence-corrected chi connectivity index (χ2v) is 6.44. The molecular formula is C17H19NO5. The van der Waals surface area contributed by atoms with E-state index in [1.54, 1.807) is 0 Å². The second kappa shape index (κ2) is 6.10. The molecule has 0 radical (unpaired) electrons. The fourth-order valence-corrected chi connectivity index (χ4v) is 3.80. The second-order valence-electron chi connectivity index (χ2n) is 6.44. The SMILES string of the molecule is O=C(O[C@@H]1CCCC2(CCCC2)C1=O)c1ccc([N+](=O)[O-])cc1. The van der Waals surface area contributed by atoms with E-state index < -0.39 is 17.0 Å². The molecule has 0 N–H and O–H groups in total. The fraction of sp³-hybridized carbons (Fsp3) is 0.529. The summed E-state index contributed by atoms with van der Waals surface area (Å²) in [5.41, 5.74) is -0.131. The maximum Gasteiger partial charge on any atom is 0.338 e. The molecule has 2 aliphatic rings. The number of hydrogen-bond acceptors (Lipinski definition) is 5. The summed E-state index contributed by atoms with van der Waals surface area (Å²) in [6.07, 6.45) is 5.61. The molecule has 23 heavy (non-hydrogen) atoms. The quantitative estimate of drug-likeness (QED) is 0.484. The first-order chi connectivity index (χ1) is 11.0. The van der Waals surface area contributed by atoms with E-state index in [0.29, 0.717) is 6.42 Å². The number of nitro groups is 1. The van der Waals surface area contributed by atoms with Crippen molar-refractivity contribution in [2.24, 2.45) is 5.41 Å². The Morgan fingerprint density at radius 1 is 1.13 bits per heavy atom. The lowest BCUT2D eigenvalue weighted by Crippen LogP contribution is -2.43. The van der Waals surface area contributed by atoms with Gasteiger partial charge in [0.1, 0.15) is 0 Å². The van der Waals surface area contributed by atoms with E-state index in [9.17, 15) is 19.7 Å². The lowest BCUT2D eigenvalue weighted by Gasteiger charge is -2.35. The highest BCUT2D eigenvalue weighted by Crippen LogP contribution is 2.47. The van der Waals surface area contributed by atoms with Gasteiger partial charge < -0.3 is 4.74 Å². The van der Waals surface area contributed by atoms with Crippen molar-refractivity contribution in [3.05, 3.63) is 39.9 Å². The summed E-state index contributed by atoms with van der Waals surface area (Å²) in [5, 5.41) is 10.6. The van der Waals surface area contributed by atoms with Gasteiger partial charge in [0, 0.05) is 17.5 Å². The molecule has 0 unspecified atom stereocenters. The van der Waals surface area contributed by atoms with E-state index >= 15 is 0 Å². The Labute approximate surface area is 134 Å². The van der Waals surface area contributed by atoms with Gasteiger partial charge in [-0.2, -0.15) is 0 Å². The lowest BCUT2D eigenvalue weighted by atomic mass is 9.70. The molecule has 2 aliphatic carbocycles. The Morgan fingerprint density at radius 2 is 1.74 bits per heavy atom. The standard InChI is InChI=1S/C17H19NO5/c19-15-14(4-3-11-17(15)9-1-2-10-17)23-16(20)12-5-7-13(8-6-12)18(21)22/h5-8,14H,1-4,9-11H2/t14-/m1/s1. The van der Waals surface area contributed by atoms with Crippen LogP contribution in [0, 0.1) is 15.5 Å². The minimum atomic E-state index is -0.676. The average molecular weight is 317 g/mol. The number of nitro benzene ring substituents is 1. The van der Waals surface area contributed by atoms with Gasteiger partial charge in [0.05, 0.1) is 10.5 Å². The number of nitrogens with zero attached hydrogens (tertiary/aromatic N) is 1. The van der Waals surface area contributed by atoms with Gasteiger partial charge in [-0.15, -0.1) is 0 Å². The van der Waals surface area contributed by atoms with Crippen LogP contribution in [0.4, 0.5) is 5.69 Å². The molecule has 1 atom stereocenters. The van der Waals surface area contributed by atoms with Crippen molar-refractivity contribution in [3.8, 4) is 0 Å². The molecule has 3 rings (SSSR count). The molecule has 1 aromatic carbocycles. The van der Waals surface area contributed by atoms with Gasteiger partial charge in [0.25, 0.3) is 5.69 Å². The van der Waals surface area contributed by atoms with Gasteiger partial charge in [-0.1, -0.05) is 12.8 Å². The van der Waals surface area contributed by atoms with E-state index in [0.717, 1.165) is 38.5 Å². The topological polar surface area (TPSA) is 86.5 Å². The number of ether oxygens (including phenoxy) is 1. The Bertz CT molecular complexity index is 631. The van der Waals surface area contributed by atoms with Gasteiger partial charge in [0.15, 0.2) is 11.9 Å². The Hall–Kier alpha value is -2.24. The number of carbonyl (C=O) groups excluding carboxylic acids is 2. The first kappa shape index (κ1) is 15.6. The Balaban J connectivity index is 1.69. The predicted octanol–water partition coefficient (Wildman–Crippen LogP) is 3.43. The summed E-state index contributed by atoms with van der Waals surface area (Å²) in [4.78, 5) is 35.0. The van der Waals surface area contributed by atoms with Gasteiger partial charge in [-0.25, -0.2) is 4.79 Å². The van der Waals surface area contributed by atoms with Gasteiger partial charge >= 0.3 is 5.97 Å². The summed E-state index contributed by atoms with van der Waals surface area (Å²) in [7, 11) is 0. The van der Waals surface area contributed by atoms with Crippen LogP contribution in [0.1, 0.15) is 55.3 Å². The smallest absolute Gasteiger partial charge is 0.338 e. The van der Waals surface area contributed by atoms with Crippen LogP contribution in [0.5, 0.6) is 0 Å². The van der Waals surface area contributed by atoms with Crippen LogP contribution >= 0.6 is 0 Å². The largest absolute Gasteiger partial charge is 0.451 e. The van der Waals surface area contributed by atoms with Crippen molar-refractivity contribution in [1.82, 2.24) is 0 Å². The number of benzene rings is 1. The molecule has 0 aromatic heterocycles. The van der Waals surface area contributed by atoms with Gasteiger partial charge in [-0.05, 0) is 44.2 Å². The summed E-state index contributed by atoms with van der Waals surface area (Å²) >= 11 is 0. The maximum atomic E-state index is 12.7. The minimum absolute atomic E-state index is 0.0662. The molecule has 6 heteroatoms. The van der Waals surface area contributed by atoms with Crippen molar-refractivity contribution in [2.45, 2.75) is 51.0 Å². The molecule has 0 saturated heterocycles. The van der Waals surface area contributed by atoms with Crippen molar-refractivity contribution < 1.29 is 19.2 Å². The first-order valence-electron chi connectivity index (χ1n) is 8.02. The summed E-state index contributed by atoms with van der Waals surface area (Å²) in [6.45, 7) is 0. The van der Waals surface area contributed by atoms with Crippen molar-refractivity contribution in [3.63, 3.8) is 0 Å². The third-order valence-corrected chi connectivity index (χ3v) is 5.06. The zero-order valence-corrected chi connectivity index (χ0v) is 12.8.